The molecule has 3 atom stereocenters. The van der Waals surface area contributed by atoms with Crippen LogP contribution in [-0.4, -0.2) is 73.4 Å². The fourth-order valence-electron chi connectivity index (χ4n) is 9.61. The van der Waals surface area contributed by atoms with E-state index in [4.69, 9.17) is 9.05 Å². The van der Waals surface area contributed by atoms with E-state index in [1.54, 1.807) is 6.08 Å². The van der Waals surface area contributed by atoms with Crippen LogP contribution in [0.5, 0.6) is 0 Å². The maximum absolute atomic E-state index is 13.0. The molecule has 432 valence electrons. The number of aliphatic hydroxyl groups is 1. The summed E-state index contributed by atoms with van der Waals surface area (Å²) in [5.41, 5.74) is 0. The van der Waals surface area contributed by atoms with Crippen LogP contribution in [0.1, 0.15) is 316 Å². The summed E-state index contributed by atoms with van der Waals surface area (Å²) in [4.78, 5) is 23.3. The summed E-state index contributed by atoms with van der Waals surface area (Å²) in [7, 11) is 1.58. The normalized spacial score (nSPS) is 14.0. The summed E-state index contributed by atoms with van der Waals surface area (Å²) in [6.45, 7) is 4.83. The number of unbranched alkanes of at least 4 members (excludes halogenated alkanes) is 42. The van der Waals surface area contributed by atoms with Crippen LogP contribution < -0.4 is 5.32 Å². The van der Waals surface area contributed by atoms with Gasteiger partial charge in [-0.25, -0.2) is 4.57 Å². The number of carbonyl (C=O) groups is 1. The standard InChI is InChI=1S/C64H125N2O6P/c1-6-8-10-12-14-16-18-20-22-24-26-27-28-29-30-31-32-33-34-35-36-37-38-40-41-43-45-47-49-51-53-55-57-63(67)62(61-72-73(69,70)71-60-59-66(3,4)5)65-64(68)58-56-54-52-50-48-46-44-42-39-25-23-21-19-17-15-13-11-9-7-2/h15,17,21,23,55,57,62-63,67H,6-14,16,18-20,22,24-54,56,58-61H2,1-5H3,(H-,65,68,69,70)/p+1/b17-15-,23-21-,57-55+. The van der Waals surface area contributed by atoms with Crippen LogP contribution in [0.2, 0.25) is 0 Å². The van der Waals surface area contributed by atoms with Crippen LogP contribution in [0, 0.1) is 0 Å². The molecular weight excluding hydrogens is 924 g/mol. The molecule has 1 amide bonds. The molecule has 0 radical (unpaired) electrons. The Morgan fingerprint density at radius 2 is 0.781 bits per heavy atom. The van der Waals surface area contributed by atoms with Gasteiger partial charge in [-0.2, -0.15) is 0 Å². The molecule has 3 N–H and O–H groups in total. The number of nitrogens with one attached hydrogen (secondary N) is 1. The molecule has 0 rings (SSSR count). The number of amides is 1. The second kappa shape index (κ2) is 55.5. The summed E-state index contributed by atoms with van der Waals surface area (Å²) in [6, 6.07) is -0.850. The fourth-order valence-corrected chi connectivity index (χ4v) is 10.3. The minimum atomic E-state index is -4.35. The number of phosphoric ester groups is 1. The van der Waals surface area contributed by atoms with Crippen LogP contribution >= 0.6 is 7.82 Å². The summed E-state index contributed by atoms with van der Waals surface area (Å²) < 4.78 is 23.8. The smallest absolute Gasteiger partial charge is 0.387 e. The Morgan fingerprint density at radius 3 is 1.15 bits per heavy atom. The molecule has 73 heavy (non-hydrogen) atoms. The van der Waals surface area contributed by atoms with Gasteiger partial charge < -0.3 is 19.8 Å². The molecule has 8 nitrogen and oxygen atoms in total. The maximum Gasteiger partial charge on any atom is 0.472 e. The summed E-state index contributed by atoms with van der Waals surface area (Å²) in [5.74, 6) is -0.178. The highest BCUT2D eigenvalue weighted by Gasteiger charge is 2.28. The van der Waals surface area contributed by atoms with E-state index in [2.05, 4.69) is 43.5 Å². The van der Waals surface area contributed by atoms with E-state index in [1.165, 1.54) is 250 Å². The van der Waals surface area contributed by atoms with Gasteiger partial charge in [-0.05, 0) is 51.4 Å². The molecule has 3 unspecified atom stereocenters. The van der Waals surface area contributed by atoms with Crippen LogP contribution in [0.3, 0.4) is 0 Å². The van der Waals surface area contributed by atoms with Crippen LogP contribution in [0.4, 0.5) is 0 Å². The van der Waals surface area contributed by atoms with E-state index in [-0.39, 0.29) is 19.1 Å². The zero-order chi connectivity index (χ0) is 53.5. The quantitative estimate of drug-likeness (QED) is 0.0243. The number of rotatable bonds is 59. The van der Waals surface area contributed by atoms with Crippen molar-refractivity contribution in [1.29, 1.82) is 0 Å². The molecule has 0 aromatic carbocycles. The fraction of sp³-hybridized carbons (Fsp3) is 0.891. The Labute approximate surface area is 455 Å². The minimum absolute atomic E-state index is 0.0611. The molecule has 0 aliphatic rings. The lowest BCUT2D eigenvalue weighted by atomic mass is 10.0. The zero-order valence-corrected chi connectivity index (χ0v) is 50.3. The van der Waals surface area contributed by atoms with Gasteiger partial charge in [0.05, 0.1) is 39.9 Å². The lowest BCUT2D eigenvalue weighted by Gasteiger charge is -2.25. The Balaban J connectivity index is 4.07. The van der Waals surface area contributed by atoms with Gasteiger partial charge in [0.1, 0.15) is 13.2 Å². The monoisotopic (exact) mass is 1050 g/mol. The van der Waals surface area contributed by atoms with Crippen molar-refractivity contribution in [3.63, 3.8) is 0 Å². The second-order valence-electron chi connectivity index (χ2n) is 23.1. The number of hydrogen-bond donors (Lipinski definition) is 3. The molecule has 0 fully saturated rings. The number of allylic oxidation sites excluding steroid dienone is 5. The molecule has 0 aromatic heterocycles. The molecule has 9 heteroatoms. The molecule has 0 heterocycles. The van der Waals surface area contributed by atoms with E-state index in [1.807, 2.05) is 27.2 Å². The van der Waals surface area contributed by atoms with Crippen molar-refractivity contribution in [2.24, 2.45) is 0 Å². The highest BCUT2D eigenvalue weighted by Crippen LogP contribution is 2.43. The molecule has 0 aliphatic heterocycles. The molecule has 0 bridgehead atoms. The topological polar surface area (TPSA) is 105 Å². The predicted molar refractivity (Wildman–Crippen MR) is 318 cm³/mol. The lowest BCUT2D eigenvalue weighted by molar-refractivity contribution is -0.870. The van der Waals surface area contributed by atoms with Crippen molar-refractivity contribution >= 4 is 13.7 Å². The first-order valence-electron chi connectivity index (χ1n) is 31.9. The summed E-state index contributed by atoms with van der Waals surface area (Å²) in [5, 5.41) is 14.0. The van der Waals surface area contributed by atoms with Gasteiger partial charge in [0, 0.05) is 6.42 Å². The SMILES string of the molecule is CCCCC/C=C\C/C=C\CCCCCCCCCCCC(=O)NC(COP(=O)(O)OCC[N+](C)(C)C)C(O)/C=C/CCCCCCCCCCCCCCCCCCCCCCCCCCCCCCCC. The number of aliphatic hydroxyl groups excluding tert-OH is 1. The highest BCUT2D eigenvalue weighted by molar-refractivity contribution is 7.47. The van der Waals surface area contributed by atoms with Crippen molar-refractivity contribution in [3.8, 4) is 0 Å². The van der Waals surface area contributed by atoms with E-state index in [0.717, 1.165) is 44.9 Å². The number of likely N-dealkylation sites (N-methyl/N-ethyl adjacent to an activating group) is 1. The second-order valence-corrected chi connectivity index (χ2v) is 24.6. The van der Waals surface area contributed by atoms with Gasteiger partial charge >= 0.3 is 7.82 Å². The van der Waals surface area contributed by atoms with Gasteiger partial charge in [-0.3, -0.25) is 13.8 Å². The number of phosphoric acid groups is 1. The van der Waals surface area contributed by atoms with Crippen molar-refractivity contribution in [2.45, 2.75) is 328 Å². The first kappa shape index (κ1) is 71.7. The minimum Gasteiger partial charge on any atom is -0.387 e. The third-order valence-electron chi connectivity index (χ3n) is 14.6. The molecule has 0 spiro atoms. The van der Waals surface area contributed by atoms with Crippen LogP contribution in [0.25, 0.3) is 0 Å². The molecule has 0 aromatic rings. The summed E-state index contributed by atoms with van der Waals surface area (Å²) in [6.07, 6.45) is 72.7. The third-order valence-corrected chi connectivity index (χ3v) is 15.6. The van der Waals surface area contributed by atoms with Crippen molar-refractivity contribution in [2.75, 3.05) is 40.9 Å². The van der Waals surface area contributed by atoms with Gasteiger partial charge in [0.15, 0.2) is 0 Å². The van der Waals surface area contributed by atoms with Crippen LogP contribution in [-0.2, 0) is 18.4 Å². The first-order valence-corrected chi connectivity index (χ1v) is 33.4. The molecular formula is C64H126N2O6P+. The molecule has 0 saturated heterocycles. The molecule has 0 aliphatic carbocycles. The van der Waals surface area contributed by atoms with E-state index < -0.39 is 20.0 Å². The Kier molecular flexibility index (Phi) is 54.5. The molecule has 0 saturated carbocycles. The van der Waals surface area contributed by atoms with Crippen molar-refractivity contribution in [1.82, 2.24) is 5.32 Å². The largest absolute Gasteiger partial charge is 0.472 e. The van der Waals surface area contributed by atoms with E-state index in [9.17, 15) is 19.4 Å². The number of nitrogens with zero attached hydrogens (tertiary/aromatic N) is 1. The number of quaternary nitrogens is 1. The van der Waals surface area contributed by atoms with Gasteiger partial charge in [0.2, 0.25) is 5.91 Å². The van der Waals surface area contributed by atoms with Crippen molar-refractivity contribution < 1.29 is 32.9 Å². The number of hydrogen-bond acceptors (Lipinski definition) is 5. The lowest BCUT2D eigenvalue weighted by Crippen LogP contribution is -2.45. The van der Waals surface area contributed by atoms with E-state index in [0.29, 0.717) is 17.4 Å². The Bertz CT molecular complexity index is 1280. The maximum atomic E-state index is 13.0. The Morgan fingerprint density at radius 1 is 0.466 bits per heavy atom. The van der Waals surface area contributed by atoms with Gasteiger partial charge in [-0.1, -0.05) is 294 Å². The number of carbonyl (C=O) groups excluding carboxylic acids is 1. The van der Waals surface area contributed by atoms with Crippen molar-refractivity contribution in [3.05, 3.63) is 36.5 Å². The van der Waals surface area contributed by atoms with Crippen LogP contribution in [0.15, 0.2) is 36.5 Å². The predicted octanol–water partition coefficient (Wildman–Crippen LogP) is 19.7. The van der Waals surface area contributed by atoms with Gasteiger partial charge in [0.25, 0.3) is 0 Å². The average Bonchev–Trinajstić information content (AvgIpc) is 3.35. The summed E-state index contributed by atoms with van der Waals surface area (Å²) >= 11 is 0. The van der Waals surface area contributed by atoms with Gasteiger partial charge in [-0.15, -0.1) is 0 Å². The highest BCUT2D eigenvalue weighted by atomic mass is 31.2. The zero-order valence-electron chi connectivity index (χ0n) is 49.4. The third kappa shape index (κ3) is 58.2. The van der Waals surface area contributed by atoms with E-state index >= 15 is 0 Å². The average molecular weight is 1050 g/mol. The Hall–Kier alpha value is -1.28. The first-order chi connectivity index (χ1) is 35.5.